The highest BCUT2D eigenvalue weighted by molar-refractivity contribution is 8.18. The second-order valence-electron chi connectivity index (χ2n) is 5.69. The van der Waals surface area contributed by atoms with Gasteiger partial charge >= 0.3 is 0 Å². The Morgan fingerprint density at radius 1 is 1.23 bits per heavy atom. The molecule has 2 N–H and O–H groups in total. The standard InChI is InChI=1S/C19H18N2O4S/c1-2-12-5-8-15(20-10-12)16(22)11-25-14-6-3-13(4-7-14)9-17-18(23)21-19(24)26-17/h3-10,16,22H,2,11H2,1H3,(H,21,23,24)/b17-9+/t16-/m0/s1. The first-order valence-electron chi connectivity index (χ1n) is 8.15. The van der Waals surface area contributed by atoms with Crippen LogP contribution in [0.25, 0.3) is 6.08 Å². The van der Waals surface area contributed by atoms with Crippen molar-refractivity contribution in [1.82, 2.24) is 10.3 Å². The van der Waals surface area contributed by atoms with Crippen LogP contribution in [0.3, 0.4) is 0 Å². The van der Waals surface area contributed by atoms with Gasteiger partial charge in [0.15, 0.2) is 0 Å². The van der Waals surface area contributed by atoms with Crippen molar-refractivity contribution in [1.29, 1.82) is 0 Å². The number of pyridine rings is 1. The van der Waals surface area contributed by atoms with Gasteiger partial charge in [-0.05, 0) is 53.6 Å². The quantitative estimate of drug-likeness (QED) is 0.760. The second-order valence-corrected chi connectivity index (χ2v) is 6.71. The van der Waals surface area contributed by atoms with Crippen molar-refractivity contribution >= 4 is 29.0 Å². The Morgan fingerprint density at radius 2 is 2.00 bits per heavy atom. The first kappa shape index (κ1) is 18.2. The van der Waals surface area contributed by atoms with Gasteiger partial charge in [0.2, 0.25) is 0 Å². The summed E-state index contributed by atoms with van der Waals surface area (Å²) in [6.45, 7) is 2.14. The van der Waals surface area contributed by atoms with E-state index in [-0.39, 0.29) is 17.8 Å². The smallest absolute Gasteiger partial charge is 0.290 e. The second kappa shape index (κ2) is 8.16. The molecule has 0 unspecified atom stereocenters. The van der Waals surface area contributed by atoms with E-state index in [9.17, 15) is 14.7 Å². The molecule has 1 saturated heterocycles. The lowest BCUT2D eigenvalue weighted by Crippen LogP contribution is -2.17. The molecule has 7 heteroatoms. The molecule has 0 saturated carbocycles. The molecule has 1 aromatic heterocycles. The number of ether oxygens (including phenoxy) is 1. The maximum Gasteiger partial charge on any atom is 0.290 e. The van der Waals surface area contributed by atoms with Gasteiger partial charge in [-0.25, -0.2) is 0 Å². The number of nitrogens with zero attached hydrogens (tertiary/aromatic N) is 1. The Morgan fingerprint density at radius 3 is 2.58 bits per heavy atom. The zero-order valence-electron chi connectivity index (χ0n) is 14.1. The van der Waals surface area contributed by atoms with Crippen LogP contribution in [0.2, 0.25) is 0 Å². The van der Waals surface area contributed by atoms with Gasteiger partial charge in [-0.1, -0.05) is 25.1 Å². The summed E-state index contributed by atoms with van der Waals surface area (Å²) in [5.74, 6) is 0.209. The number of aliphatic hydroxyl groups is 1. The van der Waals surface area contributed by atoms with Gasteiger partial charge in [0.05, 0.1) is 10.6 Å². The summed E-state index contributed by atoms with van der Waals surface area (Å²) >= 11 is 0.877. The zero-order valence-corrected chi connectivity index (χ0v) is 15.0. The van der Waals surface area contributed by atoms with Gasteiger partial charge in [0, 0.05) is 6.20 Å². The molecule has 2 heterocycles. The summed E-state index contributed by atoms with van der Waals surface area (Å²) in [6.07, 6.45) is 3.48. The van der Waals surface area contributed by atoms with E-state index >= 15 is 0 Å². The molecular formula is C19H18N2O4S. The number of hydrogen-bond acceptors (Lipinski definition) is 6. The molecular weight excluding hydrogens is 352 g/mol. The van der Waals surface area contributed by atoms with Crippen LogP contribution in [0.4, 0.5) is 4.79 Å². The number of benzene rings is 1. The predicted octanol–water partition coefficient (Wildman–Crippen LogP) is 3.08. The Hall–Kier alpha value is -2.64. The minimum atomic E-state index is -0.813. The van der Waals surface area contributed by atoms with Crippen LogP contribution in [0.1, 0.15) is 29.8 Å². The van der Waals surface area contributed by atoms with Crippen molar-refractivity contribution in [2.24, 2.45) is 0 Å². The van der Waals surface area contributed by atoms with Crippen molar-refractivity contribution in [2.45, 2.75) is 19.4 Å². The van der Waals surface area contributed by atoms with Crippen molar-refractivity contribution in [3.63, 3.8) is 0 Å². The molecule has 2 aromatic rings. The van der Waals surface area contributed by atoms with Gasteiger partial charge in [0.25, 0.3) is 11.1 Å². The van der Waals surface area contributed by atoms with Crippen LogP contribution in [0.15, 0.2) is 47.5 Å². The summed E-state index contributed by atoms with van der Waals surface area (Å²) in [5.41, 5.74) is 2.46. The summed E-state index contributed by atoms with van der Waals surface area (Å²) in [6, 6.07) is 10.8. The fourth-order valence-electron chi connectivity index (χ4n) is 2.34. The largest absolute Gasteiger partial charge is 0.490 e. The number of rotatable bonds is 6. The summed E-state index contributed by atoms with van der Waals surface area (Å²) < 4.78 is 5.59. The molecule has 6 nitrogen and oxygen atoms in total. The van der Waals surface area contributed by atoms with E-state index < -0.39 is 6.10 Å². The van der Waals surface area contributed by atoms with Gasteiger partial charge < -0.3 is 9.84 Å². The number of carbonyl (C=O) groups is 2. The van der Waals surface area contributed by atoms with E-state index in [4.69, 9.17) is 4.74 Å². The Kier molecular flexibility index (Phi) is 5.70. The minimum Gasteiger partial charge on any atom is -0.490 e. The molecule has 1 fully saturated rings. The van der Waals surface area contributed by atoms with Crippen LogP contribution in [-0.4, -0.2) is 27.8 Å². The first-order valence-corrected chi connectivity index (χ1v) is 8.97. The van der Waals surface area contributed by atoms with Crippen molar-refractivity contribution in [2.75, 3.05) is 6.61 Å². The number of hydrogen-bond donors (Lipinski definition) is 2. The molecule has 0 radical (unpaired) electrons. The van der Waals surface area contributed by atoms with E-state index in [1.165, 1.54) is 0 Å². The Bertz CT molecular complexity index is 832. The molecule has 3 rings (SSSR count). The third-order valence-corrected chi connectivity index (χ3v) is 4.64. The lowest BCUT2D eigenvalue weighted by Gasteiger charge is -2.12. The number of thioether (sulfide) groups is 1. The number of aliphatic hydroxyl groups excluding tert-OH is 1. The molecule has 0 aliphatic carbocycles. The molecule has 2 amide bonds. The lowest BCUT2D eigenvalue weighted by atomic mass is 10.1. The van der Waals surface area contributed by atoms with Gasteiger partial charge in [-0.15, -0.1) is 0 Å². The summed E-state index contributed by atoms with van der Waals surface area (Å²) in [4.78, 5) is 27.3. The number of imide groups is 1. The van der Waals surface area contributed by atoms with Crippen molar-refractivity contribution in [3.8, 4) is 5.75 Å². The number of carbonyl (C=O) groups excluding carboxylic acids is 2. The normalized spacial score (nSPS) is 16.6. The fraction of sp³-hybridized carbons (Fsp3) is 0.211. The SMILES string of the molecule is CCc1ccc([C@@H](O)COc2ccc(/C=C3/SC(=O)NC3=O)cc2)nc1. The van der Waals surface area contributed by atoms with E-state index in [0.717, 1.165) is 29.3 Å². The highest BCUT2D eigenvalue weighted by Crippen LogP contribution is 2.26. The molecule has 0 bridgehead atoms. The van der Waals surface area contributed by atoms with E-state index in [0.29, 0.717) is 16.3 Å². The van der Waals surface area contributed by atoms with E-state index in [2.05, 4.69) is 10.3 Å². The summed E-state index contributed by atoms with van der Waals surface area (Å²) in [7, 11) is 0. The van der Waals surface area contributed by atoms with Crippen LogP contribution < -0.4 is 10.1 Å². The molecule has 134 valence electrons. The Balaban J connectivity index is 1.58. The fourth-order valence-corrected chi connectivity index (χ4v) is 3.02. The molecule has 1 aliphatic rings. The molecule has 0 spiro atoms. The van der Waals surface area contributed by atoms with Crippen LogP contribution in [0.5, 0.6) is 5.75 Å². The zero-order chi connectivity index (χ0) is 18.5. The van der Waals surface area contributed by atoms with Gasteiger partial charge in [0.1, 0.15) is 18.5 Å². The predicted molar refractivity (Wildman–Crippen MR) is 99.6 cm³/mol. The lowest BCUT2D eigenvalue weighted by molar-refractivity contribution is -0.115. The maximum absolute atomic E-state index is 11.5. The maximum atomic E-state index is 11.5. The average molecular weight is 370 g/mol. The Labute approximate surface area is 155 Å². The van der Waals surface area contributed by atoms with Crippen molar-refractivity contribution in [3.05, 3.63) is 64.3 Å². The number of nitrogens with one attached hydrogen (secondary N) is 1. The number of aryl methyl sites for hydroxylation is 1. The molecule has 1 aromatic carbocycles. The monoisotopic (exact) mass is 370 g/mol. The van der Waals surface area contributed by atoms with Crippen LogP contribution in [0, 0.1) is 0 Å². The van der Waals surface area contributed by atoms with Crippen LogP contribution in [-0.2, 0) is 11.2 Å². The highest BCUT2D eigenvalue weighted by atomic mass is 32.2. The van der Waals surface area contributed by atoms with Crippen LogP contribution >= 0.6 is 11.8 Å². The highest BCUT2D eigenvalue weighted by Gasteiger charge is 2.24. The topological polar surface area (TPSA) is 88.5 Å². The van der Waals surface area contributed by atoms with E-state index in [1.807, 2.05) is 13.0 Å². The third kappa shape index (κ3) is 4.50. The molecule has 1 aliphatic heterocycles. The molecule has 26 heavy (non-hydrogen) atoms. The van der Waals surface area contributed by atoms with Gasteiger partial charge in [-0.3, -0.25) is 19.9 Å². The minimum absolute atomic E-state index is 0.0890. The van der Waals surface area contributed by atoms with E-state index in [1.54, 1.807) is 42.6 Å². The average Bonchev–Trinajstić information content (AvgIpc) is 2.98. The first-order chi connectivity index (χ1) is 12.5. The number of amides is 2. The summed E-state index contributed by atoms with van der Waals surface area (Å²) in [5, 5.41) is 12.0. The number of aromatic nitrogens is 1. The van der Waals surface area contributed by atoms with Crippen molar-refractivity contribution < 1.29 is 19.4 Å². The molecule has 1 atom stereocenters. The van der Waals surface area contributed by atoms with Gasteiger partial charge in [-0.2, -0.15) is 0 Å². The third-order valence-electron chi connectivity index (χ3n) is 3.83.